The van der Waals surface area contributed by atoms with Gasteiger partial charge in [0.1, 0.15) is 0 Å². The van der Waals surface area contributed by atoms with Gasteiger partial charge in [-0.15, -0.1) is 74.2 Å². The maximum atomic E-state index is 11.4. The summed E-state index contributed by atoms with van der Waals surface area (Å²) in [7, 11) is 0. The first-order valence-electron chi connectivity index (χ1n) is 37.0. The number of carbonyl (C=O) groups excluding carboxylic acids is 8. The van der Waals surface area contributed by atoms with Crippen molar-refractivity contribution in [3.8, 4) is 0 Å². The first-order chi connectivity index (χ1) is 47.6. The second kappa shape index (κ2) is 58.0. The molecule has 0 rings (SSSR count). The van der Waals surface area contributed by atoms with Gasteiger partial charge in [0, 0.05) is 45.3 Å². The van der Waals surface area contributed by atoms with Crippen molar-refractivity contribution in [3.05, 3.63) is 71.0 Å². The molecule has 0 saturated heterocycles. The van der Waals surface area contributed by atoms with Crippen LogP contribution in [0.1, 0.15) is 302 Å². The van der Waals surface area contributed by atoms with Crippen LogP contribution < -0.4 is 61.3 Å². The molecule has 4 radical (unpaired) electrons. The molecule has 0 aliphatic heterocycles. The van der Waals surface area contributed by atoms with Gasteiger partial charge in [-0.2, -0.15) is 0 Å². The van der Waals surface area contributed by atoms with Crippen LogP contribution in [0, 0.1) is 75.8 Å². The molecule has 0 aromatic rings. The van der Waals surface area contributed by atoms with E-state index in [9.17, 15) is 99.6 Å². The van der Waals surface area contributed by atoms with Crippen molar-refractivity contribution in [2.45, 2.75) is 302 Å². The maximum absolute atomic E-state index is 11.4. The Labute approximate surface area is 720 Å². The van der Waals surface area contributed by atoms with Crippen LogP contribution in [0.15, 0.2) is 71.0 Å². The summed E-state index contributed by atoms with van der Waals surface area (Å²) >= 11 is 0. The van der Waals surface area contributed by atoms with Gasteiger partial charge < -0.3 is 70.8 Å². The Morgan fingerprint density at radius 1 is 0.232 bits per heavy atom. The summed E-state index contributed by atoms with van der Waals surface area (Å²) in [6, 6.07) is 0. The van der Waals surface area contributed by atoms with Gasteiger partial charge in [-0.25, -0.2) is 0 Å². The van der Waals surface area contributed by atoms with Crippen molar-refractivity contribution >= 4 is 46.6 Å². The minimum absolute atomic E-state index is 0. The molecule has 0 aromatic carbocycles. The van der Waals surface area contributed by atoms with E-state index in [-0.39, 0.29) is 164 Å². The third-order valence-electron chi connectivity index (χ3n) is 14.8. The Balaban J connectivity index is -0.000000102. The average molecular weight is 1760 g/mol. The number of allylic oxidation sites excluding steroid dienone is 12. The third kappa shape index (κ3) is 69.2. The van der Waals surface area contributed by atoms with Crippen molar-refractivity contribution in [2.75, 3.05) is 52.9 Å². The van der Waals surface area contributed by atoms with Gasteiger partial charge in [0.15, 0.2) is 34.7 Å². The number of esters is 2. The largest absolute Gasteiger partial charge is 3.00 e. The van der Waals surface area contributed by atoms with Crippen LogP contribution >= 0.6 is 0 Å². The molecular formula is C86H148Fe4O22. The number of hydrogen-bond acceptors (Lipinski definition) is 22. The first kappa shape index (κ1) is 134. The van der Waals surface area contributed by atoms with E-state index in [4.69, 9.17) is 9.47 Å². The quantitative estimate of drug-likeness (QED) is 0.0459. The molecule has 0 unspecified atom stereocenters. The molecule has 0 fully saturated rings. The fourth-order valence-corrected chi connectivity index (χ4v) is 5.07. The van der Waals surface area contributed by atoms with Crippen LogP contribution in [0.25, 0.3) is 0 Å². The molecule has 0 saturated carbocycles. The molecule has 0 aliphatic rings. The molecule has 0 spiro atoms. The monoisotopic (exact) mass is 1760 g/mol. The van der Waals surface area contributed by atoms with E-state index in [0.717, 1.165) is 12.8 Å². The summed E-state index contributed by atoms with van der Waals surface area (Å²) < 4.78 is 9.49. The number of hydrogen-bond donors (Lipinski definition) is 0. The number of ether oxygens (including phenoxy) is 2. The van der Waals surface area contributed by atoms with Gasteiger partial charge in [-0.05, 0) is 92.6 Å². The number of carbonyl (C=O) groups is 8. The van der Waals surface area contributed by atoms with Crippen LogP contribution in [0.4, 0.5) is 0 Å². The zero-order chi connectivity index (χ0) is 88.6. The summed E-state index contributed by atoms with van der Waals surface area (Å²) in [5.41, 5.74) is -8.40. The summed E-state index contributed by atoms with van der Waals surface area (Å²) in [5, 5.41) is 133. The molecule has 0 aliphatic carbocycles. The summed E-state index contributed by atoms with van der Waals surface area (Å²) in [6.07, 6.45) is 11.0. The molecule has 0 amide bonds. The van der Waals surface area contributed by atoms with E-state index < -0.39 is 127 Å². The Kier molecular flexibility index (Phi) is 69.5. The number of rotatable bonds is 22. The van der Waals surface area contributed by atoms with Crippen molar-refractivity contribution in [3.63, 3.8) is 0 Å². The molecule has 26 heteroatoms. The standard InChI is InChI=1S/6C11H20O2.2C10H17O5.4Fe/c6*1-10(2,3)8(12)7-9(13)11(4,5)6;2*1-2-3-4-9(14)15-8-10(5-11,6-12)7-13;;;;/h6*7,12H,1-6H3;2*2-8H2,1H3;;;;/q;;;;;;2*-3;4*+3/p-6/b6*8-7-;;;;;;. The van der Waals surface area contributed by atoms with Crippen LogP contribution in [0.3, 0.4) is 0 Å². The first-order valence-corrected chi connectivity index (χ1v) is 37.0. The van der Waals surface area contributed by atoms with E-state index in [0.29, 0.717) is 12.8 Å². The van der Waals surface area contributed by atoms with Gasteiger partial charge in [0.25, 0.3) is 0 Å². The molecule has 22 nitrogen and oxygen atoms in total. The van der Waals surface area contributed by atoms with Crippen molar-refractivity contribution in [2.24, 2.45) is 75.8 Å². The summed E-state index contributed by atoms with van der Waals surface area (Å²) in [6.45, 7) is 63.5. The van der Waals surface area contributed by atoms with Crippen molar-refractivity contribution < 1.29 is 177 Å². The molecule has 0 heterocycles. The molecule has 656 valence electrons. The van der Waals surface area contributed by atoms with Gasteiger partial charge in [-0.1, -0.05) is 276 Å². The predicted molar refractivity (Wildman–Crippen MR) is 407 cm³/mol. The van der Waals surface area contributed by atoms with Gasteiger partial charge in [-0.3, -0.25) is 38.4 Å². The fourth-order valence-electron chi connectivity index (χ4n) is 5.07. The van der Waals surface area contributed by atoms with E-state index >= 15 is 0 Å². The second-order valence-electron chi connectivity index (χ2n) is 39.6. The second-order valence-corrected chi connectivity index (χ2v) is 39.6. The molecule has 0 bridgehead atoms. The van der Waals surface area contributed by atoms with E-state index in [2.05, 4.69) is 0 Å². The normalized spacial score (nSPS) is 13.1. The molecule has 112 heavy (non-hydrogen) atoms. The van der Waals surface area contributed by atoms with Crippen LogP contribution in [0.5, 0.6) is 0 Å². The van der Waals surface area contributed by atoms with Crippen molar-refractivity contribution in [1.29, 1.82) is 0 Å². The van der Waals surface area contributed by atoms with Crippen LogP contribution in [-0.4, -0.2) is 99.5 Å². The zero-order valence-electron chi connectivity index (χ0n) is 75.8. The third-order valence-corrected chi connectivity index (χ3v) is 14.8. The SMILES string of the molecule is CC(C)(C)C(=O)/C=C(\[O-])C(C)(C)C.CC(C)(C)C(=O)/C=C(\[O-])C(C)(C)C.CC(C)(C)C(=O)/C=C(\[O-])C(C)(C)C.CC(C)(C)C(=O)/C=C(\[O-])C(C)(C)C.CC(C)(C)C(=O)/C=C(\[O-])C(C)(C)C.CC(C)(C)C(=O)/C=C(\[O-])C(C)(C)C.CCCCC(=O)OCC(C[O-])(C[O-])C[O-].CCCCC(=O)OCC(C[O-])(C[O-])C[O-].[Fe+3].[Fe+3].[Fe+3].[Fe+3]. The Bertz CT molecular complexity index is 2430. The average Bonchev–Trinajstić information content (AvgIpc) is 0.898. The maximum Gasteiger partial charge on any atom is 3.00 e. The van der Waals surface area contributed by atoms with E-state index in [1.807, 2.05) is 263 Å². The summed E-state index contributed by atoms with van der Waals surface area (Å²) in [5.74, 6) is -2.15. The van der Waals surface area contributed by atoms with E-state index in [1.165, 1.54) is 36.5 Å². The minimum Gasteiger partial charge on any atom is -0.875 e. The van der Waals surface area contributed by atoms with Gasteiger partial charge >= 0.3 is 80.2 Å². The fraction of sp³-hybridized carbons (Fsp3) is 0.767. The van der Waals surface area contributed by atoms with E-state index in [1.54, 1.807) is 0 Å². The Morgan fingerprint density at radius 2 is 0.348 bits per heavy atom. The van der Waals surface area contributed by atoms with Gasteiger partial charge in [0.05, 0.1) is 13.2 Å². The number of unbranched alkanes of at least 4 members (excludes halogenated alkanes) is 2. The summed E-state index contributed by atoms with van der Waals surface area (Å²) in [4.78, 5) is 90.8. The van der Waals surface area contributed by atoms with Crippen LogP contribution in [0.2, 0.25) is 0 Å². The molecule has 0 atom stereocenters. The minimum atomic E-state index is -1.46. The predicted octanol–water partition coefficient (Wildman–Crippen LogP) is 6.92. The number of ketones is 6. The van der Waals surface area contributed by atoms with Crippen molar-refractivity contribution in [1.82, 2.24) is 0 Å². The Hall–Kier alpha value is -3.96. The smallest absolute Gasteiger partial charge is 0.875 e. The molecular weight excluding hydrogens is 1610 g/mol. The molecule has 0 N–H and O–H groups in total. The van der Waals surface area contributed by atoms with Gasteiger partial charge in [0.2, 0.25) is 0 Å². The topological polar surface area (TPSA) is 432 Å². The van der Waals surface area contributed by atoms with Crippen LogP contribution in [-0.2, 0) is 116 Å². The molecule has 0 aromatic heterocycles. The Morgan fingerprint density at radius 3 is 0.429 bits per heavy atom. The zero-order valence-corrected chi connectivity index (χ0v) is 80.2.